The van der Waals surface area contributed by atoms with Crippen molar-refractivity contribution >= 4 is 64.3 Å². The van der Waals surface area contributed by atoms with Gasteiger partial charge in [-0.2, -0.15) is 0 Å². The van der Waals surface area contributed by atoms with Crippen LogP contribution < -0.4 is 26.6 Å². The molecule has 0 aliphatic rings. The van der Waals surface area contributed by atoms with Gasteiger partial charge in [0, 0.05) is 38.9 Å². The highest BCUT2D eigenvalue weighted by Gasteiger charge is 2.25. The van der Waals surface area contributed by atoms with Crippen molar-refractivity contribution in [1.29, 1.82) is 0 Å². The normalized spacial score (nSPS) is 12.0. The van der Waals surface area contributed by atoms with E-state index in [1.54, 1.807) is 0 Å². The van der Waals surface area contributed by atoms with E-state index in [0.29, 0.717) is 175 Å². The predicted octanol–water partition coefficient (Wildman–Crippen LogP) is 0.127. The molecule has 0 aliphatic carbocycles. The maximum Gasteiger partial charge on any atom is 0.326 e. The molecule has 5 amide bonds. The molecule has 0 fully saturated rings. The monoisotopic (exact) mass is 1110 g/mol. The standard InChI is InChI=1S/C43H78IN5O20/c44-34-39(52)47-13-15-61-17-19-63-21-23-65-25-27-67-29-31-69-33-32-68-30-28-66-26-24-64-22-20-62-18-16-60-14-12-46-37(50)6-4-2-1-3-5-11-45-38(51)9-7-35(41(55)56)48-43(59)49-36(42(57)58)8-10-40(53)54/h35-36H,1-34H2,(H,45,51)(H,46,50)(H,47,52)(H,53,54)(H,55,56)(H,57,58)(H2,48,49,59)/t35-,36-/m0/s1. The molecule has 69 heavy (non-hydrogen) atoms. The molecule has 0 rings (SSSR count). The number of carbonyl (C=O) groups is 7. The van der Waals surface area contributed by atoms with Gasteiger partial charge < -0.3 is 89.3 Å². The van der Waals surface area contributed by atoms with Gasteiger partial charge in [0.05, 0.1) is 137 Å². The molecule has 402 valence electrons. The zero-order chi connectivity index (χ0) is 50.8. The zero-order valence-corrected chi connectivity index (χ0v) is 42.0. The highest BCUT2D eigenvalue weighted by atomic mass is 127. The van der Waals surface area contributed by atoms with Crippen molar-refractivity contribution in [2.24, 2.45) is 0 Å². The zero-order valence-electron chi connectivity index (χ0n) is 39.9. The van der Waals surface area contributed by atoms with E-state index in [1.807, 2.05) is 27.9 Å². The summed E-state index contributed by atoms with van der Waals surface area (Å²) in [7, 11) is 0. The topological polar surface area (TPSA) is 333 Å². The van der Waals surface area contributed by atoms with Gasteiger partial charge in [0.15, 0.2) is 0 Å². The summed E-state index contributed by atoms with van der Waals surface area (Å²) in [5, 5.41) is 39.6. The Morgan fingerprint density at radius 1 is 0.362 bits per heavy atom. The fourth-order valence-electron chi connectivity index (χ4n) is 5.42. The molecule has 0 aliphatic heterocycles. The second-order valence-corrected chi connectivity index (χ2v) is 15.5. The summed E-state index contributed by atoms with van der Waals surface area (Å²) < 4.78 is 55.0. The molecule has 0 spiro atoms. The second kappa shape index (κ2) is 49.4. The molecular formula is C43H78IN5O20. The molecule has 0 unspecified atom stereocenters. The minimum Gasteiger partial charge on any atom is -0.481 e. The van der Waals surface area contributed by atoms with E-state index < -0.39 is 48.4 Å². The van der Waals surface area contributed by atoms with Gasteiger partial charge in [0.1, 0.15) is 12.1 Å². The van der Waals surface area contributed by atoms with Crippen LogP contribution in [0.15, 0.2) is 0 Å². The van der Waals surface area contributed by atoms with E-state index in [2.05, 4.69) is 21.3 Å². The lowest BCUT2D eigenvalue weighted by Gasteiger charge is -2.18. The van der Waals surface area contributed by atoms with Crippen molar-refractivity contribution in [2.45, 2.75) is 76.3 Å². The summed E-state index contributed by atoms with van der Waals surface area (Å²) in [6.07, 6.45) is 2.98. The highest BCUT2D eigenvalue weighted by Crippen LogP contribution is 2.06. The van der Waals surface area contributed by atoms with Crippen LogP contribution in [-0.4, -0.2) is 225 Å². The number of carboxylic acid groups (broad SMARTS) is 3. The molecular weight excluding hydrogens is 1030 g/mol. The van der Waals surface area contributed by atoms with Gasteiger partial charge in [0.2, 0.25) is 17.7 Å². The third kappa shape index (κ3) is 47.9. The number of urea groups is 1. The van der Waals surface area contributed by atoms with Crippen LogP contribution >= 0.6 is 22.6 Å². The fourth-order valence-corrected chi connectivity index (χ4v) is 5.69. The first kappa shape index (κ1) is 65.4. The summed E-state index contributed by atoms with van der Waals surface area (Å²) in [5.41, 5.74) is 0. The molecule has 0 aromatic carbocycles. The predicted molar refractivity (Wildman–Crippen MR) is 254 cm³/mol. The second-order valence-electron chi connectivity index (χ2n) is 14.7. The molecule has 0 aromatic rings. The number of carboxylic acids is 3. The Kier molecular flexibility index (Phi) is 46.8. The quantitative estimate of drug-likeness (QED) is 0.0228. The number of alkyl halides is 1. The van der Waals surface area contributed by atoms with E-state index in [-0.39, 0.29) is 31.1 Å². The smallest absolute Gasteiger partial charge is 0.326 e. The van der Waals surface area contributed by atoms with Gasteiger partial charge in [-0.3, -0.25) is 19.2 Å². The van der Waals surface area contributed by atoms with E-state index in [4.69, 9.17) is 57.6 Å². The first-order valence-electron chi connectivity index (χ1n) is 23.3. The van der Waals surface area contributed by atoms with Gasteiger partial charge in [-0.25, -0.2) is 14.4 Å². The Labute approximate surface area is 418 Å². The lowest BCUT2D eigenvalue weighted by molar-refractivity contribution is -0.141. The van der Waals surface area contributed by atoms with Crippen LogP contribution in [0.1, 0.15) is 64.2 Å². The summed E-state index contributed by atoms with van der Waals surface area (Å²) in [5.74, 6) is -4.61. The van der Waals surface area contributed by atoms with Gasteiger partial charge in [-0.15, -0.1) is 0 Å². The van der Waals surface area contributed by atoms with Crippen LogP contribution in [0.2, 0.25) is 0 Å². The van der Waals surface area contributed by atoms with Crippen LogP contribution in [0.25, 0.3) is 0 Å². The lowest BCUT2D eigenvalue weighted by atomic mass is 10.1. The van der Waals surface area contributed by atoms with Crippen LogP contribution in [0, 0.1) is 0 Å². The minimum atomic E-state index is -1.52. The lowest BCUT2D eigenvalue weighted by Crippen LogP contribution is -2.51. The molecule has 2 atom stereocenters. The van der Waals surface area contributed by atoms with E-state index in [1.165, 1.54) is 0 Å². The maximum absolute atomic E-state index is 12.2. The molecule has 0 saturated carbocycles. The number of unbranched alkanes of at least 4 members (excludes halogenated alkanes) is 4. The molecule has 0 radical (unpaired) electrons. The number of amides is 5. The molecule has 25 nitrogen and oxygen atoms in total. The summed E-state index contributed by atoms with van der Waals surface area (Å²) in [6.45, 7) is 10.2. The van der Waals surface area contributed by atoms with Crippen LogP contribution in [0.4, 0.5) is 4.79 Å². The first-order valence-corrected chi connectivity index (χ1v) is 24.9. The van der Waals surface area contributed by atoms with Crippen molar-refractivity contribution < 1.29 is 96.2 Å². The molecule has 0 aromatic heterocycles. The van der Waals surface area contributed by atoms with Gasteiger partial charge in [-0.05, 0) is 25.7 Å². The minimum absolute atomic E-state index is 0.00292. The summed E-state index contributed by atoms with van der Waals surface area (Å²) in [6, 6.07) is -4.09. The SMILES string of the molecule is O=C(O)CC[C@H](NC(=O)N[C@@H](CCC(=O)NCCCCCCCC(=O)NCCOCCOCCOCCOCCOCCOCCOCCOCCOCCOCCNC(=O)CI)C(=O)O)C(=O)O. The number of aliphatic carboxylic acids is 3. The Morgan fingerprint density at radius 2 is 0.667 bits per heavy atom. The first-order chi connectivity index (χ1) is 33.5. The Bertz CT molecular complexity index is 1340. The van der Waals surface area contributed by atoms with Gasteiger partial charge >= 0.3 is 23.9 Å². The van der Waals surface area contributed by atoms with Crippen LogP contribution in [0.5, 0.6) is 0 Å². The largest absolute Gasteiger partial charge is 0.481 e. The maximum atomic E-state index is 12.2. The Morgan fingerprint density at radius 3 is 1.03 bits per heavy atom. The molecule has 0 saturated heterocycles. The van der Waals surface area contributed by atoms with Crippen molar-refractivity contribution in [3.8, 4) is 0 Å². The average Bonchev–Trinajstić information content (AvgIpc) is 3.32. The number of ether oxygens (including phenoxy) is 10. The molecule has 0 heterocycles. The number of rotatable bonds is 52. The number of nitrogens with one attached hydrogen (secondary N) is 5. The Balaban J connectivity index is 3.44. The third-order valence-corrected chi connectivity index (χ3v) is 9.72. The van der Waals surface area contributed by atoms with Gasteiger partial charge in [0.25, 0.3) is 0 Å². The fraction of sp³-hybridized carbons (Fsp3) is 0.837. The number of carbonyl (C=O) groups excluding carboxylic acids is 4. The molecule has 26 heteroatoms. The van der Waals surface area contributed by atoms with Crippen molar-refractivity contribution in [3.05, 3.63) is 0 Å². The van der Waals surface area contributed by atoms with Crippen LogP contribution in [0.3, 0.4) is 0 Å². The van der Waals surface area contributed by atoms with E-state index in [9.17, 15) is 38.7 Å². The van der Waals surface area contributed by atoms with Gasteiger partial charge in [-0.1, -0.05) is 41.9 Å². The van der Waals surface area contributed by atoms with Crippen molar-refractivity contribution in [2.75, 3.05) is 156 Å². The summed E-state index contributed by atoms with van der Waals surface area (Å²) >= 11 is 2.01. The molecule has 0 bridgehead atoms. The molecule has 8 N–H and O–H groups in total. The average molecular weight is 1110 g/mol. The van der Waals surface area contributed by atoms with Crippen molar-refractivity contribution in [3.63, 3.8) is 0 Å². The van der Waals surface area contributed by atoms with Crippen LogP contribution in [-0.2, 0) is 76.1 Å². The number of hydrogen-bond acceptors (Lipinski definition) is 17. The van der Waals surface area contributed by atoms with Crippen molar-refractivity contribution in [1.82, 2.24) is 26.6 Å². The van der Waals surface area contributed by atoms with E-state index in [0.717, 1.165) is 19.3 Å². The third-order valence-electron chi connectivity index (χ3n) is 9.02. The highest BCUT2D eigenvalue weighted by molar-refractivity contribution is 14.1. The number of halogens is 1. The summed E-state index contributed by atoms with van der Waals surface area (Å²) in [4.78, 5) is 80.9. The van der Waals surface area contributed by atoms with E-state index >= 15 is 0 Å². The number of hydrogen-bond donors (Lipinski definition) is 8. The Hall–Kier alpha value is -3.58.